The van der Waals surface area contributed by atoms with Crippen LogP contribution >= 0.6 is 0 Å². The Morgan fingerprint density at radius 2 is 2.12 bits per heavy atom. The Morgan fingerprint density at radius 3 is 2.75 bits per heavy atom. The van der Waals surface area contributed by atoms with E-state index >= 15 is 0 Å². The SMILES string of the molecule is Cc1c(CNS(=O)(=O)c2ccnn2C)oc2ccc(C(=O)O)cc12. The van der Waals surface area contributed by atoms with E-state index in [0.29, 0.717) is 22.3 Å². The number of rotatable bonds is 5. The summed E-state index contributed by atoms with van der Waals surface area (Å²) in [6, 6.07) is 5.91. The van der Waals surface area contributed by atoms with Crippen LogP contribution < -0.4 is 4.72 Å². The standard InChI is InChI=1S/C15H15N3O5S/c1-9-11-7-10(15(19)20)3-4-12(11)23-13(9)8-17-24(21,22)14-5-6-16-18(14)2/h3-7,17H,8H2,1-2H3,(H,19,20). The van der Waals surface area contributed by atoms with Crippen LogP contribution in [0.2, 0.25) is 0 Å². The number of carboxylic acids is 1. The summed E-state index contributed by atoms with van der Waals surface area (Å²) in [7, 11) is -2.19. The van der Waals surface area contributed by atoms with Gasteiger partial charge in [0.05, 0.1) is 18.3 Å². The Kier molecular flexibility index (Phi) is 3.90. The van der Waals surface area contributed by atoms with Crippen LogP contribution in [0.3, 0.4) is 0 Å². The molecule has 0 spiro atoms. The predicted octanol–water partition coefficient (Wildman–Crippen LogP) is 1.65. The van der Waals surface area contributed by atoms with Crippen molar-refractivity contribution in [1.29, 1.82) is 0 Å². The maximum atomic E-state index is 12.3. The van der Waals surface area contributed by atoms with Crippen LogP contribution in [0, 0.1) is 6.92 Å². The summed E-state index contributed by atoms with van der Waals surface area (Å²) >= 11 is 0. The average molecular weight is 349 g/mol. The average Bonchev–Trinajstić information content (AvgIpc) is 3.09. The van der Waals surface area contributed by atoms with E-state index in [-0.39, 0.29) is 17.1 Å². The van der Waals surface area contributed by atoms with Crippen molar-refractivity contribution >= 4 is 27.0 Å². The molecule has 0 aliphatic heterocycles. The fourth-order valence-corrected chi connectivity index (χ4v) is 3.54. The second-order valence-electron chi connectivity index (χ2n) is 5.28. The van der Waals surface area contributed by atoms with E-state index in [4.69, 9.17) is 9.52 Å². The highest BCUT2D eigenvalue weighted by atomic mass is 32.2. The van der Waals surface area contributed by atoms with Crippen molar-refractivity contribution in [2.45, 2.75) is 18.5 Å². The van der Waals surface area contributed by atoms with Gasteiger partial charge in [0.25, 0.3) is 10.0 Å². The van der Waals surface area contributed by atoms with Crippen LogP contribution in [0.25, 0.3) is 11.0 Å². The van der Waals surface area contributed by atoms with Gasteiger partial charge in [0.1, 0.15) is 11.3 Å². The third-order valence-corrected chi connectivity index (χ3v) is 5.23. The second kappa shape index (κ2) is 5.77. The fourth-order valence-electron chi connectivity index (χ4n) is 2.43. The zero-order valence-electron chi connectivity index (χ0n) is 13.0. The summed E-state index contributed by atoms with van der Waals surface area (Å²) in [5.41, 5.74) is 1.35. The smallest absolute Gasteiger partial charge is 0.335 e. The molecular formula is C15H15N3O5S. The van der Waals surface area contributed by atoms with Crippen molar-refractivity contribution in [3.8, 4) is 0 Å². The molecule has 0 bridgehead atoms. The number of hydrogen-bond donors (Lipinski definition) is 2. The fraction of sp³-hybridized carbons (Fsp3) is 0.200. The number of carboxylic acid groups (broad SMARTS) is 1. The molecule has 126 valence electrons. The van der Waals surface area contributed by atoms with Gasteiger partial charge in [0, 0.05) is 12.4 Å². The largest absolute Gasteiger partial charge is 0.478 e. The van der Waals surface area contributed by atoms with Gasteiger partial charge in [-0.1, -0.05) is 0 Å². The number of nitrogens with zero attached hydrogens (tertiary/aromatic N) is 2. The third kappa shape index (κ3) is 2.79. The van der Waals surface area contributed by atoms with Gasteiger partial charge >= 0.3 is 5.97 Å². The highest BCUT2D eigenvalue weighted by Crippen LogP contribution is 2.26. The monoisotopic (exact) mass is 349 g/mol. The number of carbonyl (C=O) groups is 1. The molecule has 3 rings (SSSR count). The molecule has 2 N–H and O–H groups in total. The lowest BCUT2D eigenvalue weighted by molar-refractivity contribution is 0.0697. The van der Waals surface area contributed by atoms with Crippen molar-refractivity contribution in [2.75, 3.05) is 0 Å². The Bertz CT molecular complexity index is 1030. The first-order valence-electron chi connectivity index (χ1n) is 7.02. The van der Waals surface area contributed by atoms with Crippen LogP contribution in [0.1, 0.15) is 21.7 Å². The molecule has 24 heavy (non-hydrogen) atoms. The Hall–Kier alpha value is -2.65. The Morgan fingerprint density at radius 1 is 1.38 bits per heavy atom. The topological polar surface area (TPSA) is 114 Å². The van der Waals surface area contributed by atoms with Gasteiger partial charge in [0.2, 0.25) is 0 Å². The van der Waals surface area contributed by atoms with Crippen LogP contribution in [-0.4, -0.2) is 29.3 Å². The number of nitrogens with one attached hydrogen (secondary N) is 1. The first kappa shape index (κ1) is 16.2. The summed E-state index contributed by atoms with van der Waals surface area (Å²) in [5, 5.41) is 13.6. The molecule has 0 saturated carbocycles. The van der Waals surface area contributed by atoms with E-state index in [0.717, 1.165) is 0 Å². The molecule has 0 saturated heterocycles. The number of sulfonamides is 1. The van der Waals surface area contributed by atoms with Crippen molar-refractivity contribution in [3.05, 3.63) is 47.3 Å². The third-order valence-electron chi connectivity index (χ3n) is 3.76. The number of benzene rings is 1. The maximum Gasteiger partial charge on any atom is 0.335 e. The molecule has 0 amide bonds. The molecule has 0 aliphatic rings. The zero-order chi connectivity index (χ0) is 17.5. The van der Waals surface area contributed by atoms with Crippen molar-refractivity contribution < 1.29 is 22.7 Å². The van der Waals surface area contributed by atoms with Crippen LogP contribution in [0.4, 0.5) is 0 Å². The lowest BCUT2D eigenvalue weighted by Crippen LogP contribution is -2.25. The summed E-state index contributed by atoms with van der Waals surface area (Å²) in [5.74, 6) is -0.603. The van der Waals surface area contributed by atoms with E-state index in [1.165, 1.54) is 36.1 Å². The molecular weight excluding hydrogens is 334 g/mol. The minimum atomic E-state index is -3.73. The molecule has 0 atom stereocenters. The van der Waals surface area contributed by atoms with E-state index in [1.807, 2.05) is 0 Å². The zero-order valence-corrected chi connectivity index (χ0v) is 13.8. The van der Waals surface area contributed by atoms with Crippen molar-refractivity contribution in [1.82, 2.24) is 14.5 Å². The van der Waals surface area contributed by atoms with Gasteiger partial charge < -0.3 is 9.52 Å². The second-order valence-corrected chi connectivity index (χ2v) is 7.00. The van der Waals surface area contributed by atoms with E-state index in [2.05, 4.69) is 9.82 Å². The van der Waals surface area contributed by atoms with Crippen LogP contribution in [-0.2, 0) is 23.6 Å². The number of aromatic carboxylic acids is 1. The first-order valence-corrected chi connectivity index (χ1v) is 8.51. The van der Waals surface area contributed by atoms with Gasteiger partial charge in [-0.25, -0.2) is 17.9 Å². The van der Waals surface area contributed by atoms with Gasteiger partial charge in [-0.2, -0.15) is 5.10 Å². The van der Waals surface area contributed by atoms with Crippen LogP contribution in [0.15, 0.2) is 39.9 Å². The van der Waals surface area contributed by atoms with Crippen molar-refractivity contribution in [2.24, 2.45) is 7.05 Å². The molecule has 0 aliphatic carbocycles. The minimum absolute atomic E-state index is 0.0452. The summed E-state index contributed by atoms with van der Waals surface area (Å²) < 4.78 is 33.9. The molecule has 3 aromatic rings. The number of furan rings is 1. The lowest BCUT2D eigenvalue weighted by Gasteiger charge is -2.05. The molecule has 2 aromatic heterocycles. The highest BCUT2D eigenvalue weighted by molar-refractivity contribution is 7.89. The Labute approximate surface area is 137 Å². The summed E-state index contributed by atoms with van der Waals surface area (Å²) in [4.78, 5) is 11.1. The summed E-state index contributed by atoms with van der Waals surface area (Å²) in [6.07, 6.45) is 1.40. The molecule has 0 fully saturated rings. The minimum Gasteiger partial charge on any atom is -0.478 e. The number of aryl methyl sites for hydroxylation is 2. The van der Waals surface area contributed by atoms with Gasteiger partial charge in [0.15, 0.2) is 5.03 Å². The lowest BCUT2D eigenvalue weighted by atomic mass is 10.1. The van der Waals surface area contributed by atoms with Gasteiger partial charge in [-0.15, -0.1) is 0 Å². The molecule has 0 unspecified atom stereocenters. The van der Waals surface area contributed by atoms with E-state index in [9.17, 15) is 13.2 Å². The van der Waals surface area contributed by atoms with E-state index in [1.54, 1.807) is 13.0 Å². The number of fused-ring (bicyclic) bond motifs is 1. The van der Waals surface area contributed by atoms with Gasteiger partial charge in [-0.3, -0.25) is 4.68 Å². The number of hydrogen-bond acceptors (Lipinski definition) is 5. The summed E-state index contributed by atoms with van der Waals surface area (Å²) in [6.45, 7) is 1.71. The molecule has 8 nitrogen and oxygen atoms in total. The van der Waals surface area contributed by atoms with Crippen LogP contribution in [0.5, 0.6) is 0 Å². The van der Waals surface area contributed by atoms with Crippen molar-refractivity contribution in [3.63, 3.8) is 0 Å². The predicted molar refractivity (Wildman–Crippen MR) is 85.1 cm³/mol. The van der Waals surface area contributed by atoms with E-state index < -0.39 is 16.0 Å². The maximum absolute atomic E-state index is 12.3. The molecule has 2 heterocycles. The Balaban J connectivity index is 1.90. The molecule has 1 aromatic carbocycles. The normalized spacial score (nSPS) is 11.9. The highest BCUT2D eigenvalue weighted by Gasteiger charge is 2.20. The molecule has 0 radical (unpaired) electrons. The molecule has 9 heteroatoms. The first-order chi connectivity index (χ1) is 11.3. The quantitative estimate of drug-likeness (QED) is 0.724. The van der Waals surface area contributed by atoms with Gasteiger partial charge in [-0.05, 0) is 36.8 Å². The number of aromatic nitrogens is 2.